The van der Waals surface area contributed by atoms with Gasteiger partial charge in [0.25, 0.3) is 5.91 Å². The highest BCUT2D eigenvalue weighted by atomic mass is 16.5. The molecule has 0 aromatic carbocycles. The first-order valence-corrected chi connectivity index (χ1v) is 8.82. The van der Waals surface area contributed by atoms with E-state index >= 15 is 0 Å². The third-order valence-electron chi connectivity index (χ3n) is 5.58. The van der Waals surface area contributed by atoms with Crippen molar-refractivity contribution < 1.29 is 14.3 Å². The van der Waals surface area contributed by atoms with Crippen LogP contribution in [0.4, 0.5) is 0 Å². The molecule has 0 aliphatic carbocycles. The number of hydrogen-bond acceptors (Lipinski definition) is 4. The Bertz CT molecular complexity index is 819. The normalized spacial score (nSPS) is 24.9. The van der Waals surface area contributed by atoms with Crippen LogP contribution in [0.1, 0.15) is 16.9 Å². The number of carbonyl (C=O) groups is 2. The van der Waals surface area contributed by atoms with Crippen LogP contribution < -0.4 is 10.1 Å². The molecule has 2 atom stereocenters. The number of amides is 2. The second-order valence-corrected chi connectivity index (χ2v) is 7.04. The van der Waals surface area contributed by atoms with Crippen LogP contribution >= 0.6 is 0 Å². The predicted octanol–water partition coefficient (Wildman–Crippen LogP) is 1.08. The topological polar surface area (TPSA) is 76.5 Å². The van der Waals surface area contributed by atoms with Crippen molar-refractivity contribution in [3.63, 3.8) is 0 Å². The quantitative estimate of drug-likeness (QED) is 0.891. The van der Waals surface area contributed by atoms with Gasteiger partial charge in [0.2, 0.25) is 5.91 Å². The smallest absolute Gasteiger partial charge is 0.270 e. The Balaban J connectivity index is 1.48. The number of aryl methyl sites for hydroxylation is 1. The van der Waals surface area contributed by atoms with Gasteiger partial charge < -0.3 is 19.5 Å². The molecule has 2 aromatic heterocycles. The summed E-state index contributed by atoms with van der Waals surface area (Å²) in [6, 6.07) is 7.33. The maximum atomic E-state index is 12.8. The third-order valence-corrected chi connectivity index (χ3v) is 5.58. The Labute approximate surface area is 152 Å². The number of pyridine rings is 1. The van der Waals surface area contributed by atoms with E-state index in [1.54, 1.807) is 17.3 Å². The van der Waals surface area contributed by atoms with E-state index in [0.717, 1.165) is 0 Å². The predicted molar refractivity (Wildman–Crippen MR) is 94.6 cm³/mol. The molecule has 0 radical (unpaired) electrons. The summed E-state index contributed by atoms with van der Waals surface area (Å²) in [5.41, 5.74) is 0.0758. The molecule has 2 amide bonds. The number of nitrogens with one attached hydrogen (secondary N) is 1. The molecular weight excluding hydrogens is 332 g/mol. The largest absolute Gasteiger partial charge is 0.492 e. The van der Waals surface area contributed by atoms with Gasteiger partial charge in [-0.3, -0.25) is 14.6 Å². The zero-order valence-corrected chi connectivity index (χ0v) is 14.7. The molecule has 2 aromatic rings. The number of carbonyl (C=O) groups excluding carboxylic acids is 2. The molecule has 7 nitrogen and oxygen atoms in total. The minimum absolute atomic E-state index is 0.0268. The highest BCUT2D eigenvalue weighted by Crippen LogP contribution is 2.42. The summed E-state index contributed by atoms with van der Waals surface area (Å²) in [6.45, 7) is 2.02. The van der Waals surface area contributed by atoms with Gasteiger partial charge in [0, 0.05) is 45.0 Å². The van der Waals surface area contributed by atoms with Crippen molar-refractivity contribution in [2.24, 2.45) is 18.4 Å². The lowest BCUT2D eigenvalue weighted by molar-refractivity contribution is -0.128. The van der Waals surface area contributed by atoms with Crippen LogP contribution in [0.3, 0.4) is 0 Å². The molecule has 2 saturated heterocycles. The summed E-state index contributed by atoms with van der Waals surface area (Å²) in [5.74, 6) is 0.721. The third kappa shape index (κ3) is 2.73. The number of likely N-dealkylation sites (tertiary alicyclic amines) is 1. The molecule has 1 N–H and O–H groups in total. The highest BCUT2D eigenvalue weighted by molar-refractivity contribution is 5.94. The van der Waals surface area contributed by atoms with E-state index in [1.165, 1.54) is 0 Å². The van der Waals surface area contributed by atoms with E-state index in [9.17, 15) is 9.59 Å². The molecule has 0 saturated carbocycles. The van der Waals surface area contributed by atoms with Crippen LogP contribution in [-0.2, 0) is 11.8 Å². The van der Waals surface area contributed by atoms with Crippen molar-refractivity contribution in [2.45, 2.75) is 6.42 Å². The van der Waals surface area contributed by atoms with Gasteiger partial charge in [-0.05, 0) is 30.7 Å². The van der Waals surface area contributed by atoms with Crippen molar-refractivity contribution in [2.75, 3.05) is 26.2 Å². The van der Waals surface area contributed by atoms with Crippen molar-refractivity contribution in [1.82, 2.24) is 19.8 Å². The van der Waals surface area contributed by atoms with Crippen LogP contribution in [0.2, 0.25) is 0 Å². The lowest BCUT2D eigenvalue weighted by Gasteiger charge is -2.28. The average Bonchev–Trinajstić information content (AvgIpc) is 3.36. The summed E-state index contributed by atoms with van der Waals surface area (Å²) in [6.07, 6.45) is 5.87. The average molecular weight is 354 g/mol. The molecule has 2 fully saturated rings. The minimum atomic E-state index is -0.566. The van der Waals surface area contributed by atoms with E-state index in [2.05, 4.69) is 10.3 Å². The number of hydrogen-bond donors (Lipinski definition) is 1. The zero-order valence-electron chi connectivity index (χ0n) is 14.7. The van der Waals surface area contributed by atoms with Crippen LogP contribution in [0.5, 0.6) is 5.75 Å². The Kier molecular flexibility index (Phi) is 4.14. The van der Waals surface area contributed by atoms with Gasteiger partial charge in [0.05, 0.1) is 18.2 Å². The molecule has 4 rings (SSSR count). The molecule has 0 unspecified atom stereocenters. The Hall–Kier alpha value is -2.83. The summed E-state index contributed by atoms with van der Waals surface area (Å²) in [7, 11) is 1.85. The molecule has 2 aliphatic heterocycles. The van der Waals surface area contributed by atoms with Gasteiger partial charge in [-0.2, -0.15) is 0 Å². The van der Waals surface area contributed by atoms with Crippen molar-refractivity contribution in [1.29, 1.82) is 0 Å². The van der Waals surface area contributed by atoms with E-state index in [1.807, 2.05) is 42.1 Å². The second kappa shape index (κ2) is 6.48. The monoisotopic (exact) mass is 354 g/mol. The second-order valence-electron chi connectivity index (χ2n) is 7.04. The van der Waals surface area contributed by atoms with Crippen LogP contribution in [0.15, 0.2) is 42.9 Å². The van der Waals surface area contributed by atoms with Gasteiger partial charge >= 0.3 is 0 Å². The first-order valence-electron chi connectivity index (χ1n) is 8.82. The summed E-state index contributed by atoms with van der Waals surface area (Å²) >= 11 is 0. The van der Waals surface area contributed by atoms with Crippen molar-refractivity contribution in [3.8, 4) is 5.75 Å². The number of nitrogens with zero attached hydrogens (tertiary/aromatic N) is 3. The number of aromatic nitrogens is 2. The molecule has 2 aliphatic rings. The standard InChI is InChI=1S/C19H22N4O3/c1-22-8-3-5-16(22)17(24)23-9-6-19(13-23)14(10-21-18(19)25)12-26-15-4-2-7-20-11-15/h2-5,7-8,11,14H,6,9-10,12-13H2,1H3,(H,21,25)/t14-,19+/m0/s1. The fourth-order valence-corrected chi connectivity index (χ4v) is 3.99. The lowest BCUT2D eigenvalue weighted by atomic mass is 9.77. The summed E-state index contributed by atoms with van der Waals surface area (Å²) in [5, 5.41) is 2.97. The van der Waals surface area contributed by atoms with Crippen LogP contribution in [0.25, 0.3) is 0 Å². The number of rotatable bonds is 4. The molecule has 1 spiro atoms. The first kappa shape index (κ1) is 16.6. The minimum Gasteiger partial charge on any atom is -0.492 e. The molecular formula is C19H22N4O3. The molecule has 4 heterocycles. The van der Waals surface area contributed by atoms with Gasteiger partial charge in [-0.1, -0.05) is 0 Å². The van der Waals surface area contributed by atoms with Gasteiger partial charge in [0.1, 0.15) is 11.4 Å². The first-order chi connectivity index (χ1) is 12.6. The lowest BCUT2D eigenvalue weighted by Crippen LogP contribution is -2.41. The fraction of sp³-hybridized carbons (Fsp3) is 0.421. The zero-order chi connectivity index (χ0) is 18.1. The Morgan fingerprint density at radius 2 is 2.31 bits per heavy atom. The maximum absolute atomic E-state index is 12.8. The maximum Gasteiger partial charge on any atom is 0.270 e. The molecule has 0 bridgehead atoms. The van der Waals surface area contributed by atoms with Gasteiger partial charge in [-0.25, -0.2) is 0 Å². The van der Waals surface area contributed by atoms with E-state index in [0.29, 0.717) is 44.1 Å². The van der Waals surface area contributed by atoms with E-state index in [4.69, 9.17) is 4.74 Å². The van der Waals surface area contributed by atoms with E-state index in [-0.39, 0.29) is 17.7 Å². The fourth-order valence-electron chi connectivity index (χ4n) is 3.99. The molecule has 26 heavy (non-hydrogen) atoms. The summed E-state index contributed by atoms with van der Waals surface area (Å²) in [4.78, 5) is 31.2. The highest BCUT2D eigenvalue weighted by Gasteiger charge is 2.55. The van der Waals surface area contributed by atoms with Crippen molar-refractivity contribution in [3.05, 3.63) is 48.5 Å². The number of ether oxygens (including phenoxy) is 1. The molecule has 7 heteroatoms. The van der Waals surface area contributed by atoms with Gasteiger partial charge in [0.15, 0.2) is 0 Å². The SMILES string of the molecule is Cn1cccc1C(=O)N1CC[C@]2(C1)C(=O)NC[C@H]2COc1cccnc1. The van der Waals surface area contributed by atoms with Crippen molar-refractivity contribution >= 4 is 11.8 Å². The Morgan fingerprint density at radius 3 is 3.04 bits per heavy atom. The summed E-state index contributed by atoms with van der Waals surface area (Å²) < 4.78 is 7.66. The molecule has 136 valence electrons. The van der Waals surface area contributed by atoms with Crippen LogP contribution in [-0.4, -0.2) is 52.5 Å². The Morgan fingerprint density at radius 1 is 1.42 bits per heavy atom. The van der Waals surface area contributed by atoms with E-state index < -0.39 is 5.41 Å². The van der Waals surface area contributed by atoms with Gasteiger partial charge in [-0.15, -0.1) is 0 Å². The van der Waals surface area contributed by atoms with Crippen LogP contribution in [0, 0.1) is 11.3 Å².